The molecule has 2 unspecified atom stereocenters. The van der Waals surface area contributed by atoms with E-state index in [2.05, 4.69) is 5.32 Å². The van der Waals surface area contributed by atoms with Gasteiger partial charge in [0.25, 0.3) is 0 Å². The molecule has 1 aromatic carbocycles. The van der Waals surface area contributed by atoms with Gasteiger partial charge in [0.2, 0.25) is 15.9 Å². The summed E-state index contributed by atoms with van der Waals surface area (Å²) in [5, 5.41) is 3.26. The third-order valence-corrected chi connectivity index (χ3v) is 7.80. The van der Waals surface area contributed by atoms with Crippen LogP contribution in [0.5, 0.6) is 0 Å². The first kappa shape index (κ1) is 22.1. The standard InChI is InChI=1S/C19H29N3O3S.ClH/c1-13-10-14(2)18(15(3)11-13)26(24,25)22-9-5-6-17(22)19(23)21(4)16-7-8-20-12-16;/h10-11,16-17,20H,5-9,12H2,1-4H3;1H. The Morgan fingerprint density at radius 1 is 1.19 bits per heavy atom. The highest BCUT2D eigenvalue weighted by Gasteiger charge is 2.42. The van der Waals surface area contributed by atoms with Gasteiger partial charge in [0.1, 0.15) is 6.04 Å². The average molecular weight is 416 g/mol. The Morgan fingerprint density at radius 2 is 1.81 bits per heavy atom. The number of nitrogens with one attached hydrogen (secondary N) is 1. The molecule has 0 saturated carbocycles. The number of aryl methyl sites for hydroxylation is 3. The van der Waals surface area contributed by atoms with Crippen LogP contribution in [0.1, 0.15) is 36.0 Å². The lowest BCUT2D eigenvalue weighted by Gasteiger charge is -2.31. The van der Waals surface area contributed by atoms with E-state index in [1.165, 1.54) is 4.31 Å². The largest absolute Gasteiger partial charge is 0.340 e. The van der Waals surface area contributed by atoms with Crippen molar-refractivity contribution in [2.45, 2.75) is 57.0 Å². The fraction of sp³-hybridized carbons (Fsp3) is 0.632. The van der Waals surface area contributed by atoms with Crippen LogP contribution in [-0.2, 0) is 14.8 Å². The molecule has 8 heteroatoms. The minimum absolute atomic E-state index is 0. The summed E-state index contributed by atoms with van der Waals surface area (Å²) in [6.45, 7) is 7.70. The lowest BCUT2D eigenvalue weighted by Crippen LogP contribution is -2.50. The second-order valence-corrected chi connectivity index (χ2v) is 9.42. The number of carbonyl (C=O) groups is 1. The Balaban J connectivity index is 0.00000261. The van der Waals surface area contributed by atoms with Crippen LogP contribution in [0.3, 0.4) is 0 Å². The molecule has 0 aliphatic carbocycles. The fourth-order valence-electron chi connectivity index (χ4n) is 4.35. The van der Waals surface area contributed by atoms with Crippen LogP contribution >= 0.6 is 12.4 Å². The van der Waals surface area contributed by atoms with Crippen LogP contribution in [0.2, 0.25) is 0 Å². The number of carbonyl (C=O) groups excluding carboxylic acids is 1. The normalized spacial score (nSPS) is 23.3. The van der Waals surface area contributed by atoms with E-state index in [-0.39, 0.29) is 24.4 Å². The van der Waals surface area contributed by atoms with Crippen LogP contribution in [-0.4, -0.2) is 62.3 Å². The van der Waals surface area contributed by atoms with Gasteiger partial charge in [-0.2, -0.15) is 4.31 Å². The van der Waals surface area contributed by atoms with Crippen molar-refractivity contribution in [1.82, 2.24) is 14.5 Å². The molecule has 0 radical (unpaired) electrons. The van der Waals surface area contributed by atoms with Gasteiger partial charge in [-0.25, -0.2) is 8.42 Å². The molecular formula is C19H30ClN3O3S. The van der Waals surface area contributed by atoms with Gasteiger partial charge in [0.15, 0.2) is 0 Å². The van der Waals surface area contributed by atoms with Gasteiger partial charge in [-0.1, -0.05) is 17.7 Å². The van der Waals surface area contributed by atoms with Crippen molar-refractivity contribution in [3.05, 3.63) is 28.8 Å². The van der Waals surface area contributed by atoms with Gasteiger partial charge in [0, 0.05) is 26.2 Å². The van der Waals surface area contributed by atoms with Crippen molar-refractivity contribution < 1.29 is 13.2 Å². The summed E-state index contributed by atoms with van der Waals surface area (Å²) < 4.78 is 28.2. The minimum Gasteiger partial charge on any atom is -0.340 e. The number of sulfonamides is 1. The van der Waals surface area contributed by atoms with E-state index in [9.17, 15) is 13.2 Å². The number of benzene rings is 1. The molecule has 2 aliphatic rings. The monoisotopic (exact) mass is 415 g/mol. The van der Waals surface area contributed by atoms with Crippen molar-refractivity contribution in [1.29, 1.82) is 0 Å². The molecule has 3 rings (SSSR count). The first-order valence-electron chi connectivity index (χ1n) is 9.30. The van der Waals surface area contributed by atoms with Crippen LogP contribution in [0.15, 0.2) is 17.0 Å². The Hall–Kier alpha value is -1.15. The Bertz CT molecular complexity index is 783. The van der Waals surface area contributed by atoms with Crippen molar-refractivity contribution in [2.75, 3.05) is 26.7 Å². The zero-order valence-corrected chi connectivity index (χ0v) is 18.1. The number of amides is 1. The number of hydrogen-bond donors (Lipinski definition) is 1. The second kappa shape index (κ2) is 8.47. The summed E-state index contributed by atoms with van der Waals surface area (Å²) in [6.07, 6.45) is 2.22. The van der Waals surface area contributed by atoms with Crippen LogP contribution < -0.4 is 5.32 Å². The summed E-state index contributed by atoms with van der Waals surface area (Å²) in [5.41, 5.74) is 2.53. The van der Waals surface area contributed by atoms with E-state index in [0.717, 1.165) is 42.6 Å². The van der Waals surface area contributed by atoms with Gasteiger partial charge in [0.05, 0.1) is 4.90 Å². The predicted octanol–water partition coefficient (Wildman–Crippen LogP) is 2.01. The molecule has 0 aromatic heterocycles. The topological polar surface area (TPSA) is 69.7 Å². The molecule has 2 heterocycles. The molecule has 2 saturated heterocycles. The first-order chi connectivity index (χ1) is 12.2. The van der Waals surface area contributed by atoms with E-state index in [1.807, 2.05) is 32.9 Å². The summed E-state index contributed by atoms with van der Waals surface area (Å²) >= 11 is 0. The molecule has 1 N–H and O–H groups in total. The van der Waals surface area contributed by atoms with Crippen LogP contribution in [0, 0.1) is 20.8 Å². The van der Waals surface area contributed by atoms with Gasteiger partial charge in [-0.15, -0.1) is 12.4 Å². The molecular weight excluding hydrogens is 386 g/mol. The van der Waals surface area contributed by atoms with Crippen molar-refractivity contribution in [2.24, 2.45) is 0 Å². The van der Waals surface area contributed by atoms with Gasteiger partial charge >= 0.3 is 0 Å². The third-order valence-electron chi connectivity index (χ3n) is 5.59. The summed E-state index contributed by atoms with van der Waals surface area (Å²) in [7, 11) is -1.90. The maximum atomic E-state index is 13.4. The van der Waals surface area contributed by atoms with Crippen LogP contribution in [0.4, 0.5) is 0 Å². The number of hydrogen-bond acceptors (Lipinski definition) is 4. The lowest BCUT2D eigenvalue weighted by atomic mass is 10.1. The summed E-state index contributed by atoms with van der Waals surface area (Å²) in [5.74, 6) is -0.0813. The maximum Gasteiger partial charge on any atom is 0.244 e. The first-order valence-corrected chi connectivity index (χ1v) is 10.7. The Labute approximate surface area is 168 Å². The van der Waals surface area contributed by atoms with E-state index < -0.39 is 16.1 Å². The highest BCUT2D eigenvalue weighted by Crippen LogP contribution is 2.31. The van der Waals surface area contributed by atoms with Crippen molar-refractivity contribution in [3.8, 4) is 0 Å². The molecule has 27 heavy (non-hydrogen) atoms. The number of rotatable bonds is 4. The van der Waals surface area contributed by atoms with Gasteiger partial charge in [-0.3, -0.25) is 4.79 Å². The van der Waals surface area contributed by atoms with E-state index >= 15 is 0 Å². The SMILES string of the molecule is Cc1cc(C)c(S(=O)(=O)N2CCCC2C(=O)N(C)C2CCNC2)c(C)c1.Cl. The second-order valence-electron chi connectivity index (χ2n) is 7.60. The summed E-state index contributed by atoms with van der Waals surface area (Å²) in [6, 6.07) is 3.34. The predicted molar refractivity (Wildman–Crippen MR) is 109 cm³/mol. The van der Waals surface area contributed by atoms with Gasteiger partial charge < -0.3 is 10.2 Å². The highest BCUT2D eigenvalue weighted by atomic mass is 35.5. The Kier molecular flexibility index (Phi) is 6.95. The van der Waals surface area contributed by atoms with Crippen LogP contribution in [0.25, 0.3) is 0 Å². The Morgan fingerprint density at radius 3 is 2.37 bits per heavy atom. The molecule has 2 aliphatic heterocycles. The number of nitrogens with zero attached hydrogens (tertiary/aromatic N) is 2. The third kappa shape index (κ3) is 4.16. The van der Waals surface area contributed by atoms with Crippen molar-refractivity contribution in [3.63, 3.8) is 0 Å². The molecule has 152 valence electrons. The zero-order valence-electron chi connectivity index (χ0n) is 16.5. The minimum atomic E-state index is -3.70. The highest BCUT2D eigenvalue weighted by molar-refractivity contribution is 7.89. The molecule has 1 aromatic rings. The zero-order chi connectivity index (χ0) is 19.1. The molecule has 1 amide bonds. The van der Waals surface area contributed by atoms with E-state index in [0.29, 0.717) is 17.9 Å². The maximum absolute atomic E-state index is 13.4. The van der Waals surface area contributed by atoms with Gasteiger partial charge in [-0.05, 0) is 57.7 Å². The summed E-state index contributed by atoms with van der Waals surface area (Å²) in [4.78, 5) is 15.1. The quantitative estimate of drug-likeness (QED) is 0.816. The molecule has 0 bridgehead atoms. The van der Waals surface area contributed by atoms with E-state index in [1.54, 1.807) is 11.9 Å². The molecule has 2 atom stereocenters. The smallest absolute Gasteiger partial charge is 0.244 e. The molecule has 2 fully saturated rings. The van der Waals surface area contributed by atoms with Crippen molar-refractivity contribution >= 4 is 28.3 Å². The lowest BCUT2D eigenvalue weighted by molar-refractivity contribution is -0.135. The number of likely N-dealkylation sites (N-methyl/N-ethyl adjacent to an activating group) is 1. The molecule has 0 spiro atoms. The fourth-order valence-corrected chi connectivity index (χ4v) is 6.42. The van der Waals surface area contributed by atoms with E-state index in [4.69, 9.17) is 0 Å². The molecule has 6 nitrogen and oxygen atoms in total. The average Bonchev–Trinajstić information content (AvgIpc) is 3.23. The number of halogens is 1.